The zero-order valence-corrected chi connectivity index (χ0v) is 17.3. The number of rotatable bonds is 5. The van der Waals surface area contributed by atoms with Crippen LogP contribution in [0.4, 0.5) is 0 Å². The monoisotopic (exact) mass is 414 g/mol. The second kappa shape index (κ2) is 7.72. The Morgan fingerprint density at radius 2 is 2.00 bits per heavy atom. The Labute approximate surface area is 177 Å². The van der Waals surface area contributed by atoms with Crippen LogP contribution in [0.3, 0.4) is 0 Å². The maximum Gasteiger partial charge on any atom is 0.222 e. The third-order valence-corrected chi connectivity index (χ3v) is 5.94. The standard InChI is InChI=1S/C22H18N6OS/c1-13-5-3-6-14-9-15(10-30-22-19-20(25-11-24-19)26-12-27-22)18(28-17(13)14)16-7-4-8-23-21(16)29-2/h3-9,11-12H,10H2,1-2H3,(H,24,25,26,27). The first-order valence-corrected chi connectivity index (χ1v) is 10.4. The zero-order valence-electron chi connectivity index (χ0n) is 16.5. The highest BCUT2D eigenvalue weighted by Gasteiger charge is 2.16. The lowest BCUT2D eigenvalue weighted by Crippen LogP contribution is -1.98. The van der Waals surface area contributed by atoms with Crippen molar-refractivity contribution in [1.82, 2.24) is 29.9 Å². The minimum absolute atomic E-state index is 0.558. The molecule has 0 aliphatic carbocycles. The van der Waals surface area contributed by atoms with Gasteiger partial charge in [-0.05, 0) is 36.2 Å². The van der Waals surface area contributed by atoms with Crippen LogP contribution in [0, 0.1) is 6.92 Å². The summed E-state index contributed by atoms with van der Waals surface area (Å²) in [5, 5.41) is 1.96. The minimum Gasteiger partial charge on any atom is -0.481 e. The normalized spacial score (nSPS) is 11.3. The molecular weight excluding hydrogens is 396 g/mol. The highest BCUT2D eigenvalue weighted by atomic mass is 32.2. The Balaban J connectivity index is 1.63. The number of H-pyrrole nitrogens is 1. The maximum absolute atomic E-state index is 5.52. The number of methoxy groups -OCH3 is 1. The number of hydrogen-bond acceptors (Lipinski definition) is 7. The molecule has 0 bridgehead atoms. The molecule has 0 radical (unpaired) electrons. The largest absolute Gasteiger partial charge is 0.481 e. The number of nitrogens with one attached hydrogen (secondary N) is 1. The lowest BCUT2D eigenvalue weighted by molar-refractivity contribution is 0.399. The first-order chi connectivity index (χ1) is 14.7. The lowest BCUT2D eigenvalue weighted by atomic mass is 10.0. The lowest BCUT2D eigenvalue weighted by Gasteiger charge is -2.14. The number of ether oxygens (including phenoxy) is 1. The molecule has 0 fully saturated rings. The molecule has 5 rings (SSSR count). The van der Waals surface area contributed by atoms with E-state index in [1.165, 1.54) is 0 Å². The number of benzene rings is 1. The van der Waals surface area contributed by atoms with Crippen LogP contribution in [0.15, 0.2) is 60.3 Å². The van der Waals surface area contributed by atoms with Gasteiger partial charge < -0.3 is 9.72 Å². The van der Waals surface area contributed by atoms with E-state index < -0.39 is 0 Å². The van der Waals surface area contributed by atoms with Gasteiger partial charge >= 0.3 is 0 Å². The maximum atomic E-state index is 5.52. The van der Waals surface area contributed by atoms with Crippen LogP contribution >= 0.6 is 11.8 Å². The van der Waals surface area contributed by atoms with Gasteiger partial charge in [0.25, 0.3) is 0 Å². The molecule has 0 unspecified atom stereocenters. The number of imidazole rings is 1. The average molecular weight is 414 g/mol. The third-order valence-electron chi connectivity index (χ3n) is 4.90. The molecule has 1 aromatic carbocycles. The molecule has 0 spiro atoms. The molecule has 0 aliphatic rings. The predicted octanol–water partition coefficient (Wildman–Crippen LogP) is 4.57. The number of aryl methyl sites for hydroxylation is 1. The molecule has 8 heteroatoms. The van der Waals surface area contributed by atoms with Gasteiger partial charge in [-0.2, -0.15) is 0 Å². The van der Waals surface area contributed by atoms with E-state index in [0.29, 0.717) is 17.3 Å². The molecule has 4 aromatic heterocycles. The van der Waals surface area contributed by atoms with E-state index in [-0.39, 0.29) is 0 Å². The number of fused-ring (bicyclic) bond motifs is 2. The van der Waals surface area contributed by atoms with Crippen molar-refractivity contribution in [2.24, 2.45) is 0 Å². The predicted molar refractivity (Wildman–Crippen MR) is 118 cm³/mol. The van der Waals surface area contributed by atoms with Crippen LogP contribution in [0.25, 0.3) is 33.3 Å². The summed E-state index contributed by atoms with van der Waals surface area (Å²) in [5.74, 6) is 1.23. The fourth-order valence-electron chi connectivity index (χ4n) is 3.47. The summed E-state index contributed by atoms with van der Waals surface area (Å²) in [6, 6.07) is 12.3. The SMILES string of the molecule is COc1ncccc1-c1nc2c(C)cccc2cc1CSc1ncnc2nc[nH]c12. The Bertz CT molecular complexity index is 1370. The second-order valence-corrected chi connectivity index (χ2v) is 7.74. The van der Waals surface area contributed by atoms with Gasteiger partial charge in [-0.15, -0.1) is 0 Å². The summed E-state index contributed by atoms with van der Waals surface area (Å²) in [7, 11) is 1.63. The van der Waals surface area contributed by atoms with Crippen molar-refractivity contribution in [3.63, 3.8) is 0 Å². The van der Waals surface area contributed by atoms with Crippen molar-refractivity contribution in [2.45, 2.75) is 17.7 Å². The summed E-state index contributed by atoms with van der Waals surface area (Å²) in [6.45, 7) is 2.07. The molecule has 4 heterocycles. The zero-order chi connectivity index (χ0) is 20.5. The van der Waals surface area contributed by atoms with Crippen LogP contribution in [-0.4, -0.2) is 37.0 Å². The Morgan fingerprint density at radius 3 is 2.90 bits per heavy atom. The molecule has 7 nitrogen and oxygen atoms in total. The number of thioether (sulfide) groups is 1. The number of hydrogen-bond donors (Lipinski definition) is 1. The van der Waals surface area contributed by atoms with Gasteiger partial charge in [0.1, 0.15) is 16.9 Å². The number of nitrogens with zero attached hydrogens (tertiary/aromatic N) is 5. The summed E-state index contributed by atoms with van der Waals surface area (Å²) < 4.78 is 5.52. The van der Waals surface area contributed by atoms with Gasteiger partial charge in [0.2, 0.25) is 5.88 Å². The van der Waals surface area contributed by atoms with E-state index in [4.69, 9.17) is 9.72 Å². The van der Waals surface area contributed by atoms with Crippen molar-refractivity contribution in [2.75, 3.05) is 7.11 Å². The first-order valence-electron chi connectivity index (χ1n) is 9.40. The first kappa shape index (κ1) is 18.5. The van der Waals surface area contributed by atoms with Crippen molar-refractivity contribution < 1.29 is 4.74 Å². The summed E-state index contributed by atoms with van der Waals surface area (Å²) in [6.07, 6.45) is 4.90. The Hall–Kier alpha value is -3.52. The molecule has 0 saturated heterocycles. The van der Waals surface area contributed by atoms with Crippen LogP contribution in [0.5, 0.6) is 5.88 Å². The van der Waals surface area contributed by atoms with E-state index in [1.54, 1.807) is 37.7 Å². The fraction of sp³-hybridized carbons (Fsp3) is 0.136. The molecular formula is C22H18N6OS. The Morgan fingerprint density at radius 1 is 1.07 bits per heavy atom. The van der Waals surface area contributed by atoms with Crippen LogP contribution < -0.4 is 4.74 Å². The molecule has 0 atom stereocenters. The third kappa shape index (κ3) is 3.25. The van der Waals surface area contributed by atoms with E-state index in [2.05, 4.69) is 56.1 Å². The van der Waals surface area contributed by atoms with E-state index in [9.17, 15) is 0 Å². The molecule has 0 saturated carbocycles. The van der Waals surface area contributed by atoms with Gasteiger partial charge in [-0.3, -0.25) is 0 Å². The molecule has 0 amide bonds. The van der Waals surface area contributed by atoms with Crippen molar-refractivity contribution in [3.8, 4) is 17.1 Å². The van der Waals surface area contributed by atoms with Gasteiger partial charge in [0, 0.05) is 17.3 Å². The van der Waals surface area contributed by atoms with Gasteiger partial charge in [0.15, 0.2) is 5.65 Å². The average Bonchev–Trinajstić information content (AvgIpc) is 3.27. The minimum atomic E-state index is 0.558. The van der Waals surface area contributed by atoms with E-state index in [0.717, 1.165) is 43.8 Å². The van der Waals surface area contributed by atoms with Crippen LogP contribution in [0.2, 0.25) is 0 Å². The number of aromatic nitrogens is 6. The highest BCUT2D eigenvalue weighted by Crippen LogP contribution is 2.35. The smallest absolute Gasteiger partial charge is 0.222 e. The van der Waals surface area contributed by atoms with Crippen molar-refractivity contribution >= 4 is 33.8 Å². The van der Waals surface area contributed by atoms with E-state index in [1.807, 2.05) is 12.1 Å². The molecule has 1 N–H and O–H groups in total. The van der Waals surface area contributed by atoms with Gasteiger partial charge in [-0.25, -0.2) is 24.9 Å². The summed E-state index contributed by atoms with van der Waals surface area (Å²) in [4.78, 5) is 25.4. The van der Waals surface area contributed by atoms with Gasteiger partial charge in [-0.1, -0.05) is 30.0 Å². The van der Waals surface area contributed by atoms with Crippen LogP contribution in [-0.2, 0) is 5.75 Å². The summed E-state index contributed by atoms with van der Waals surface area (Å²) >= 11 is 1.62. The quantitative estimate of drug-likeness (QED) is 0.333. The van der Waals surface area contributed by atoms with Gasteiger partial charge in [0.05, 0.1) is 30.2 Å². The Kier molecular flexibility index (Phi) is 4.76. The second-order valence-electron chi connectivity index (χ2n) is 6.77. The fourth-order valence-corrected chi connectivity index (χ4v) is 4.39. The summed E-state index contributed by atoms with van der Waals surface area (Å²) in [5.41, 5.74) is 6.42. The number of para-hydroxylation sites is 1. The topological polar surface area (TPSA) is 89.5 Å². The highest BCUT2D eigenvalue weighted by molar-refractivity contribution is 7.98. The molecule has 0 aliphatic heterocycles. The number of aromatic amines is 1. The number of pyridine rings is 2. The van der Waals surface area contributed by atoms with Crippen molar-refractivity contribution in [1.29, 1.82) is 0 Å². The van der Waals surface area contributed by atoms with E-state index >= 15 is 0 Å². The molecule has 5 aromatic rings. The van der Waals surface area contributed by atoms with Crippen LogP contribution in [0.1, 0.15) is 11.1 Å². The molecule has 30 heavy (non-hydrogen) atoms. The molecule has 148 valence electrons. The van der Waals surface area contributed by atoms with Crippen molar-refractivity contribution in [3.05, 3.63) is 66.4 Å².